The van der Waals surface area contributed by atoms with Gasteiger partial charge < -0.3 is 15.7 Å². The summed E-state index contributed by atoms with van der Waals surface area (Å²) in [5.74, 6) is 0.364. The normalized spacial score (nSPS) is 10.1. The van der Waals surface area contributed by atoms with E-state index < -0.39 is 5.97 Å². The predicted octanol–water partition coefficient (Wildman–Crippen LogP) is 1.16. The number of thioether (sulfide) groups is 1. The number of aromatic carboxylic acids is 1. The molecule has 0 bridgehead atoms. The molecule has 88 valence electrons. The van der Waals surface area contributed by atoms with Crippen LogP contribution in [0.15, 0.2) is 12.3 Å². The van der Waals surface area contributed by atoms with Crippen LogP contribution in [0.3, 0.4) is 0 Å². The van der Waals surface area contributed by atoms with Crippen molar-refractivity contribution < 1.29 is 9.90 Å². The maximum Gasteiger partial charge on any atom is 0.339 e. The number of nitrogen functional groups attached to an aromatic ring is 1. The zero-order valence-corrected chi connectivity index (χ0v) is 10.1. The molecule has 3 N–H and O–H groups in total. The third-order valence-electron chi connectivity index (χ3n) is 2.11. The van der Waals surface area contributed by atoms with Crippen LogP contribution in [0.5, 0.6) is 0 Å². The number of carboxylic acids is 1. The Balaban J connectivity index is 2.98. The standard InChI is InChI=1S/C10H15N3O2S/c1-13(3-4-16-2)9-8(10(14)15)5-7(11)6-12-9/h5-6H,3-4,11H2,1-2H3,(H,14,15). The van der Waals surface area contributed by atoms with Crippen LogP contribution < -0.4 is 10.6 Å². The van der Waals surface area contributed by atoms with E-state index in [-0.39, 0.29) is 5.56 Å². The highest BCUT2D eigenvalue weighted by Gasteiger charge is 2.15. The van der Waals surface area contributed by atoms with Crippen LogP contribution in [0.25, 0.3) is 0 Å². The topological polar surface area (TPSA) is 79.5 Å². The van der Waals surface area contributed by atoms with Gasteiger partial charge in [-0.25, -0.2) is 9.78 Å². The summed E-state index contributed by atoms with van der Waals surface area (Å²) in [5.41, 5.74) is 6.02. The van der Waals surface area contributed by atoms with Crippen LogP contribution in [-0.2, 0) is 0 Å². The van der Waals surface area contributed by atoms with Gasteiger partial charge in [0, 0.05) is 19.3 Å². The van der Waals surface area contributed by atoms with Gasteiger partial charge in [-0.2, -0.15) is 11.8 Å². The molecule has 0 fully saturated rings. The Morgan fingerprint density at radius 3 is 2.94 bits per heavy atom. The first-order valence-corrected chi connectivity index (χ1v) is 6.14. The molecule has 0 aliphatic heterocycles. The molecule has 0 aromatic carbocycles. The van der Waals surface area contributed by atoms with E-state index in [1.165, 1.54) is 12.3 Å². The SMILES string of the molecule is CSCCN(C)c1ncc(N)cc1C(=O)O. The van der Waals surface area contributed by atoms with E-state index in [2.05, 4.69) is 4.98 Å². The lowest BCUT2D eigenvalue weighted by Gasteiger charge is -2.19. The molecule has 1 heterocycles. The number of carbonyl (C=O) groups is 1. The van der Waals surface area contributed by atoms with Crippen molar-refractivity contribution >= 4 is 29.2 Å². The molecular weight excluding hydrogens is 226 g/mol. The maximum absolute atomic E-state index is 11.0. The van der Waals surface area contributed by atoms with Crippen LogP contribution in [0.1, 0.15) is 10.4 Å². The van der Waals surface area contributed by atoms with Crippen molar-refractivity contribution in [2.75, 3.05) is 36.2 Å². The van der Waals surface area contributed by atoms with Gasteiger partial charge in [-0.3, -0.25) is 0 Å². The van der Waals surface area contributed by atoms with Crippen molar-refractivity contribution in [1.29, 1.82) is 0 Å². The Labute approximate surface area is 98.7 Å². The molecular formula is C10H15N3O2S. The molecule has 16 heavy (non-hydrogen) atoms. The molecule has 0 unspecified atom stereocenters. The van der Waals surface area contributed by atoms with Crippen molar-refractivity contribution in [1.82, 2.24) is 4.98 Å². The summed E-state index contributed by atoms with van der Waals surface area (Å²) in [7, 11) is 1.82. The lowest BCUT2D eigenvalue weighted by atomic mass is 10.2. The van der Waals surface area contributed by atoms with E-state index in [1.807, 2.05) is 18.2 Å². The second-order valence-electron chi connectivity index (χ2n) is 3.36. The quantitative estimate of drug-likeness (QED) is 0.805. The molecule has 0 amide bonds. The van der Waals surface area contributed by atoms with Gasteiger partial charge >= 0.3 is 5.97 Å². The van der Waals surface area contributed by atoms with Crippen LogP contribution in [-0.4, -0.2) is 41.7 Å². The molecule has 0 aliphatic carbocycles. The largest absolute Gasteiger partial charge is 0.478 e. The van der Waals surface area contributed by atoms with E-state index in [0.717, 1.165) is 12.3 Å². The van der Waals surface area contributed by atoms with E-state index in [1.54, 1.807) is 11.8 Å². The van der Waals surface area contributed by atoms with Crippen LogP contribution in [0.2, 0.25) is 0 Å². The Hall–Kier alpha value is -1.43. The van der Waals surface area contributed by atoms with Gasteiger partial charge in [-0.05, 0) is 12.3 Å². The van der Waals surface area contributed by atoms with Crippen LogP contribution in [0, 0.1) is 0 Å². The lowest BCUT2D eigenvalue weighted by molar-refractivity contribution is 0.0697. The molecule has 1 aromatic heterocycles. The number of anilines is 2. The monoisotopic (exact) mass is 241 g/mol. The van der Waals surface area contributed by atoms with Gasteiger partial charge in [0.1, 0.15) is 11.4 Å². The molecule has 0 saturated heterocycles. The van der Waals surface area contributed by atoms with Gasteiger partial charge in [0.05, 0.1) is 11.9 Å². The Bertz CT molecular complexity index is 384. The number of hydrogen-bond donors (Lipinski definition) is 2. The minimum Gasteiger partial charge on any atom is -0.478 e. The van der Waals surface area contributed by atoms with Crippen LogP contribution in [0.4, 0.5) is 11.5 Å². The van der Waals surface area contributed by atoms with E-state index >= 15 is 0 Å². The van der Waals surface area contributed by atoms with E-state index in [0.29, 0.717) is 11.5 Å². The number of rotatable bonds is 5. The second kappa shape index (κ2) is 5.60. The summed E-state index contributed by atoms with van der Waals surface area (Å²) in [4.78, 5) is 16.9. The highest BCUT2D eigenvalue weighted by molar-refractivity contribution is 7.98. The first kappa shape index (κ1) is 12.6. The van der Waals surface area contributed by atoms with Gasteiger partial charge in [-0.1, -0.05) is 0 Å². The first-order chi connectivity index (χ1) is 7.56. The second-order valence-corrected chi connectivity index (χ2v) is 4.34. The van der Waals surface area contributed by atoms with E-state index in [4.69, 9.17) is 10.8 Å². The minimum atomic E-state index is -1.01. The maximum atomic E-state index is 11.0. The molecule has 0 radical (unpaired) electrons. The summed E-state index contributed by atoms with van der Waals surface area (Å²) in [6, 6.07) is 1.43. The number of hydrogen-bond acceptors (Lipinski definition) is 5. The number of nitrogens with two attached hydrogens (primary N) is 1. The summed E-state index contributed by atoms with van der Waals surface area (Å²) >= 11 is 1.70. The average Bonchev–Trinajstić information content (AvgIpc) is 2.25. The van der Waals surface area contributed by atoms with Gasteiger partial charge in [0.25, 0.3) is 0 Å². The lowest BCUT2D eigenvalue weighted by Crippen LogP contribution is -2.24. The predicted molar refractivity (Wildman–Crippen MR) is 67.3 cm³/mol. The van der Waals surface area contributed by atoms with Gasteiger partial charge in [0.15, 0.2) is 0 Å². The molecule has 0 aliphatic rings. The smallest absolute Gasteiger partial charge is 0.339 e. The third-order valence-corrected chi connectivity index (χ3v) is 2.70. The zero-order valence-electron chi connectivity index (χ0n) is 9.30. The highest BCUT2D eigenvalue weighted by Crippen LogP contribution is 2.19. The summed E-state index contributed by atoms with van der Waals surface area (Å²) < 4.78 is 0. The molecule has 1 rings (SSSR count). The molecule has 1 aromatic rings. The molecule has 0 saturated carbocycles. The Kier molecular flexibility index (Phi) is 4.42. The van der Waals surface area contributed by atoms with Gasteiger partial charge in [0.2, 0.25) is 0 Å². The van der Waals surface area contributed by atoms with Crippen LogP contribution >= 0.6 is 11.8 Å². The molecule has 0 atom stereocenters. The van der Waals surface area contributed by atoms with E-state index in [9.17, 15) is 4.79 Å². The van der Waals surface area contributed by atoms with Crippen molar-refractivity contribution in [2.45, 2.75) is 0 Å². The van der Waals surface area contributed by atoms with Crippen molar-refractivity contribution in [2.24, 2.45) is 0 Å². The highest BCUT2D eigenvalue weighted by atomic mass is 32.2. The van der Waals surface area contributed by atoms with Crippen molar-refractivity contribution in [3.8, 4) is 0 Å². The van der Waals surface area contributed by atoms with Crippen molar-refractivity contribution in [3.05, 3.63) is 17.8 Å². The summed E-state index contributed by atoms with van der Waals surface area (Å²) in [5, 5.41) is 9.04. The van der Waals surface area contributed by atoms with Gasteiger partial charge in [-0.15, -0.1) is 0 Å². The summed E-state index contributed by atoms with van der Waals surface area (Å²) in [6.45, 7) is 0.748. The minimum absolute atomic E-state index is 0.142. The first-order valence-electron chi connectivity index (χ1n) is 4.75. The Morgan fingerprint density at radius 2 is 2.38 bits per heavy atom. The number of pyridine rings is 1. The molecule has 0 spiro atoms. The zero-order chi connectivity index (χ0) is 12.1. The number of carboxylic acid groups (broad SMARTS) is 1. The Morgan fingerprint density at radius 1 is 1.69 bits per heavy atom. The molecule has 6 heteroatoms. The fourth-order valence-electron chi connectivity index (χ4n) is 1.27. The fraction of sp³-hybridized carbons (Fsp3) is 0.400. The summed E-state index contributed by atoms with van der Waals surface area (Å²) in [6.07, 6.45) is 3.47. The number of aromatic nitrogens is 1. The fourth-order valence-corrected chi connectivity index (χ4v) is 1.73. The van der Waals surface area contributed by atoms with Crippen molar-refractivity contribution in [3.63, 3.8) is 0 Å². The number of nitrogens with zero attached hydrogens (tertiary/aromatic N) is 2. The molecule has 5 nitrogen and oxygen atoms in total. The average molecular weight is 241 g/mol. The third kappa shape index (κ3) is 3.03.